The third-order valence-corrected chi connectivity index (χ3v) is 3.72. The van der Waals surface area contributed by atoms with E-state index in [4.69, 9.17) is 0 Å². The molecule has 1 aromatic heterocycles. The minimum Gasteiger partial charge on any atom is -0.298 e. The van der Waals surface area contributed by atoms with Crippen molar-refractivity contribution in [2.75, 3.05) is 6.26 Å². The Morgan fingerprint density at radius 2 is 1.84 bits per heavy atom. The van der Waals surface area contributed by atoms with Crippen LogP contribution < -0.4 is 0 Å². The lowest BCUT2D eigenvalue weighted by Crippen LogP contribution is -1.97. The molecule has 1 heterocycles. The monoisotopic (exact) mass is 279 g/mol. The van der Waals surface area contributed by atoms with Gasteiger partial charge in [0, 0.05) is 11.8 Å². The van der Waals surface area contributed by atoms with E-state index in [2.05, 4.69) is 4.98 Å². The molecule has 0 radical (unpaired) electrons. The summed E-state index contributed by atoms with van der Waals surface area (Å²) in [6.07, 6.45) is 2.48. The molecule has 0 spiro atoms. The zero-order valence-electron chi connectivity index (χ0n) is 10.00. The van der Waals surface area contributed by atoms with Crippen LogP contribution in [0.3, 0.4) is 0 Å². The molecule has 0 aliphatic heterocycles. The van der Waals surface area contributed by atoms with Crippen LogP contribution in [0.25, 0.3) is 11.3 Å². The number of nitrogens with zero attached hydrogens (tertiary/aromatic N) is 1. The molecule has 0 fully saturated rings. The van der Waals surface area contributed by atoms with Gasteiger partial charge in [-0.25, -0.2) is 12.8 Å². The van der Waals surface area contributed by atoms with E-state index in [9.17, 15) is 17.6 Å². The van der Waals surface area contributed by atoms with Crippen molar-refractivity contribution in [2.45, 2.75) is 4.90 Å². The Morgan fingerprint density at radius 1 is 1.21 bits per heavy atom. The number of carbonyl (C=O) groups is 1. The maximum absolute atomic E-state index is 13.1. The fourth-order valence-corrected chi connectivity index (χ4v) is 2.21. The number of aromatic nitrogens is 1. The van der Waals surface area contributed by atoms with Gasteiger partial charge in [0.2, 0.25) is 0 Å². The highest BCUT2D eigenvalue weighted by molar-refractivity contribution is 7.90. The highest BCUT2D eigenvalue weighted by Crippen LogP contribution is 2.20. The van der Waals surface area contributed by atoms with E-state index in [-0.39, 0.29) is 10.5 Å². The lowest BCUT2D eigenvalue weighted by Gasteiger charge is -2.04. The number of carbonyl (C=O) groups excluding carboxylic acids is 1. The number of aldehydes is 1. The predicted molar refractivity (Wildman–Crippen MR) is 68.1 cm³/mol. The minimum atomic E-state index is -3.26. The highest BCUT2D eigenvalue weighted by atomic mass is 32.2. The molecule has 19 heavy (non-hydrogen) atoms. The Balaban J connectivity index is 2.46. The lowest BCUT2D eigenvalue weighted by atomic mass is 10.1. The second-order valence-electron chi connectivity index (χ2n) is 4.01. The summed E-state index contributed by atoms with van der Waals surface area (Å²) in [6, 6.07) is 7.32. The Bertz CT molecular complexity index is 724. The van der Waals surface area contributed by atoms with E-state index in [0.717, 1.165) is 12.5 Å². The van der Waals surface area contributed by atoms with Crippen LogP contribution in [0.15, 0.2) is 41.4 Å². The Labute approximate surface area is 109 Å². The number of rotatable bonds is 3. The Kier molecular flexibility index (Phi) is 3.44. The van der Waals surface area contributed by atoms with Crippen LogP contribution in [0.1, 0.15) is 10.4 Å². The molecule has 4 nitrogen and oxygen atoms in total. The topological polar surface area (TPSA) is 64.1 Å². The summed E-state index contributed by atoms with van der Waals surface area (Å²) in [4.78, 5) is 14.7. The molecule has 2 rings (SSSR count). The molecule has 0 unspecified atom stereocenters. The van der Waals surface area contributed by atoms with Gasteiger partial charge < -0.3 is 0 Å². The van der Waals surface area contributed by atoms with Crippen LogP contribution in [-0.2, 0) is 9.84 Å². The van der Waals surface area contributed by atoms with E-state index in [1.807, 2.05) is 0 Å². The maximum atomic E-state index is 13.1. The van der Waals surface area contributed by atoms with Gasteiger partial charge in [0.1, 0.15) is 0 Å². The first-order valence-electron chi connectivity index (χ1n) is 5.33. The molecular formula is C13H10FNO3S. The van der Waals surface area contributed by atoms with Crippen molar-refractivity contribution >= 4 is 16.1 Å². The second kappa shape index (κ2) is 4.89. The lowest BCUT2D eigenvalue weighted by molar-refractivity contribution is 0.111. The van der Waals surface area contributed by atoms with Crippen molar-refractivity contribution in [1.29, 1.82) is 0 Å². The summed E-state index contributed by atoms with van der Waals surface area (Å²) in [7, 11) is -3.26. The summed E-state index contributed by atoms with van der Waals surface area (Å²) in [5.41, 5.74) is 0.927. The number of pyridine rings is 1. The first kappa shape index (κ1) is 13.4. The average Bonchev–Trinajstić information content (AvgIpc) is 2.38. The number of sulfone groups is 1. The van der Waals surface area contributed by atoms with E-state index in [0.29, 0.717) is 17.5 Å². The summed E-state index contributed by atoms with van der Waals surface area (Å²) < 4.78 is 35.8. The van der Waals surface area contributed by atoms with Crippen LogP contribution in [0.2, 0.25) is 0 Å². The molecule has 0 amide bonds. The van der Waals surface area contributed by atoms with Crippen molar-refractivity contribution in [1.82, 2.24) is 4.98 Å². The van der Waals surface area contributed by atoms with Crippen LogP contribution in [-0.4, -0.2) is 25.9 Å². The first-order valence-corrected chi connectivity index (χ1v) is 7.22. The van der Waals surface area contributed by atoms with Gasteiger partial charge in [-0.1, -0.05) is 12.1 Å². The zero-order valence-corrected chi connectivity index (χ0v) is 10.8. The summed E-state index contributed by atoms with van der Waals surface area (Å²) in [5.74, 6) is -0.688. The minimum absolute atomic E-state index is 0.0859. The van der Waals surface area contributed by atoms with E-state index < -0.39 is 15.7 Å². The highest BCUT2D eigenvalue weighted by Gasteiger charge is 2.09. The van der Waals surface area contributed by atoms with Gasteiger partial charge in [0.25, 0.3) is 0 Å². The molecule has 0 saturated carbocycles. The predicted octanol–water partition coefficient (Wildman–Crippen LogP) is 2.10. The molecule has 1 aromatic carbocycles. The normalized spacial score (nSPS) is 11.3. The Morgan fingerprint density at radius 3 is 2.37 bits per heavy atom. The summed E-state index contributed by atoms with van der Waals surface area (Å²) in [6.45, 7) is 0. The standard InChI is InChI=1S/C13H10FNO3S/c1-19(17,18)11-4-2-9(3-5-11)13-6-10(8-16)12(14)7-15-13/h2-8H,1H3. The molecule has 0 atom stereocenters. The van der Waals surface area contributed by atoms with Gasteiger partial charge in [-0.2, -0.15) is 0 Å². The van der Waals surface area contributed by atoms with Gasteiger partial charge in [-0.3, -0.25) is 9.78 Å². The number of benzene rings is 1. The average molecular weight is 279 g/mol. The fraction of sp³-hybridized carbons (Fsp3) is 0.0769. The molecule has 0 aliphatic carbocycles. The van der Waals surface area contributed by atoms with Crippen molar-refractivity contribution in [2.24, 2.45) is 0 Å². The second-order valence-corrected chi connectivity index (χ2v) is 6.02. The van der Waals surface area contributed by atoms with Crippen LogP contribution in [0.4, 0.5) is 4.39 Å². The van der Waals surface area contributed by atoms with Crippen molar-refractivity contribution in [3.05, 3.63) is 47.9 Å². The van der Waals surface area contributed by atoms with Crippen LogP contribution in [0.5, 0.6) is 0 Å². The maximum Gasteiger partial charge on any atom is 0.175 e. The van der Waals surface area contributed by atoms with Crippen molar-refractivity contribution in [3.63, 3.8) is 0 Å². The van der Waals surface area contributed by atoms with E-state index >= 15 is 0 Å². The third kappa shape index (κ3) is 2.85. The largest absolute Gasteiger partial charge is 0.298 e. The van der Waals surface area contributed by atoms with Gasteiger partial charge in [0.05, 0.1) is 22.3 Å². The molecule has 0 bridgehead atoms. The quantitative estimate of drug-likeness (QED) is 0.807. The molecule has 2 aromatic rings. The number of hydrogen-bond acceptors (Lipinski definition) is 4. The van der Waals surface area contributed by atoms with Gasteiger partial charge in [-0.15, -0.1) is 0 Å². The summed E-state index contributed by atoms with van der Waals surface area (Å²) >= 11 is 0. The van der Waals surface area contributed by atoms with E-state index in [1.165, 1.54) is 18.2 Å². The molecule has 0 aliphatic rings. The van der Waals surface area contributed by atoms with Gasteiger partial charge in [0.15, 0.2) is 21.9 Å². The molecule has 98 valence electrons. The Hall–Kier alpha value is -2.08. The fourth-order valence-electron chi connectivity index (χ4n) is 1.58. The SMILES string of the molecule is CS(=O)(=O)c1ccc(-c2cc(C=O)c(F)cn2)cc1. The third-order valence-electron chi connectivity index (χ3n) is 2.59. The van der Waals surface area contributed by atoms with Crippen LogP contribution in [0, 0.1) is 5.82 Å². The molecular weight excluding hydrogens is 269 g/mol. The smallest absolute Gasteiger partial charge is 0.175 e. The van der Waals surface area contributed by atoms with Gasteiger partial charge in [-0.05, 0) is 18.2 Å². The molecule has 0 saturated heterocycles. The molecule has 6 heteroatoms. The molecule has 0 N–H and O–H groups in total. The van der Waals surface area contributed by atoms with Crippen molar-refractivity contribution < 1.29 is 17.6 Å². The summed E-state index contributed by atoms with van der Waals surface area (Å²) in [5, 5.41) is 0. The number of hydrogen-bond donors (Lipinski definition) is 0. The van der Waals surface area contributed by atoms with Gasteiger partial charge >= 0.3 is 0 Å². The van der Waals surface area contributed by atoms with E-state index in [1.54, 1.807) is 12.1 Å². The first-order chi connectivity index (χ1) is 8.91. The van der Waals surface area contributed by atoms with Crippen LogP contribution >= 0.6 is 0 Å². The zero-order chi connectivity index (χ0) is 14.0. The number of halogens is 1. The van der Waals surface area contributed by atoms with Crippen molar-refractivity contribution in [3.8, 4) is 11.3 Å².